The van der Waals surface area contributed by atoms with Gasteiger partial charge in [-0.1, -0.05) is 134 Å². The number of likely N-dealkylation sites (tertiary alicyclic amines) is 1. The molecule has 0 aromatic heterocycles. The van der Waals surface area contributed by atoms with Crippen molar-refractivity contribution in [1.29, 1.82) is 0 Å². The van der Waals surface area contributed by atoms with E-state index in [4.69, 9.17) is 53.9 Å². The van der Waals surface area contributed by atoms with Crippen molar-refractivity contribution in [3.8, 4) is 0 Å². The minimum atomic E-state index is -2.48. The van der Waals surface area contributed by atoms with E-state index in [0.717, 1.165) is 51.0 Å². The number of hydrogen-bond acceptors (Lipinski definition) is 28. The first kappa shape index (κ1) is 113. The zero-order valence-corrected chi connectivity index (χ0v) is 81.6. The summed E-state index contributed by atoms with van der Waals surface area (Å²) in [6, 6.07) is 28.7. The van der Waals surface area contributed by atoms with Crippen LogP contribution in [0.5, 0.6) is 0 Å². The van der Waals surface area contributed by atoms with E-state index in [9.17, 15) is 86.3 Å². The number of amides is 12. The highest BCUT2D eigenvalue weighted by atomic mass is 16.6. The molecule has 4 atom stereocenters. The molecule has 0 aliphatic carbocycles. The Bertz CT molecular complexity index is 5150. The molecular weight excluding hydrogens is 1780 g/mol. The number of piperazine rings is 3. The molecule has 0 bridgehead atoms. The second kappa shape index (κ2) is 49.2. The van der Waals surface area contributed by atoms with Gasteiger partial charge in [0, 0.05) is 75.3 Å². The molecule has 4 aromatic carbocycles. The third kappa shape index (κ3) is 30.8. The molecule has 8 rings (SSSR count). The average Bonchev–Trinajstić information content (AvgIpc) is 0.754. The van der Waals surface area contributed by atoms with Gasteiger partial charge in [0.15, 0.2) is 5.78 Å². The number of nitrogens with one attached hydrogen (secondary N) is 2. The number of esters is 4. The van der Waals surface area contributed by atoms with E-state index < -0.39 is 165 Å². The minimum absolute atomic E-state index is 0.0541. The van der Waals surface area contributed by atoms with Gasteiger partial charge in [0.2, 0.25) is 28.7 Å². The van der Waals surface area contributed by atoms with Gasteiger partial charge in [-0.3, -0.25) is 67.9 Å². The quantitative estimate of drug-likeness (QED) is 0.0147. The molecule has 4 aliphatic heterocycles. The normalized spacial score (nSPS) is 18.2. The number of Topliss-reactive ketones (excluding diaryl/α,β-unsaturated/α-hetero) is 2. The van der Waals surface area contributed by atoms with Crippen LogP contribution in [-0.4, -0.2) is 284 Å². The molecule has 2 N–H and O–H groups in total. The van der Waals surface area contributed by atoms with Gasteiger partial charge < -0.3 is 67.6 Å². The Balaban J connectivity index is 0.000000325. The molecule has 38 nitrogen and oxygen atoms in total. The second-order valence-corrected chi connectivity index (χ2v) is 37.0. The Hall–Kier alpha value is -14.4. The first-order chi connectivity index (χ1) is 63.9. The maximum absolute atomic E-state index is 14.1. The van der Waals surface area contributed by atoms with Gasteiger partial charge in [0.1, 0.15) is 66.8 Å². The Kier molecular flexibility index (Phi) is 40.6. The number of carbonyl (C=O) groups excluding carboxylic acids is 18. The predicted octanol–water partition coefficient (Wildman–Crippen LogP) is 12.2. The molecule has 4 unspecified atom stereocenters. The van der Waals surface area contributed by atoms with Crippen molar-refractivity contribution in [2.24, 2.45) is 0 Å². The monoisotopic (exact) mass is 1900 g/mol. The fourth-order valence-corrected chi connectivity index (χ4v) is 13.9. The first-order valence-corrected chi connectivity index (χ1v) is 44.1. The second-order valence-electron chi connectivity index (χ2n) is 37.0. The molecule has 0 radical (unpaired) electrons. The van der Waals surface area contributed by atoms with Crippen LogP contribution in [-0.2, 0) is 97.1 Å². The van der Waals surface area contributed by atoms with Crippen LogP contribution in [0.3, 0.4) is 0 Å². The first-order valence-electron chi connectivity index (χ1n) is 44.1. The van der Waals surface area contributed by atoms with E-state index >= 15 is 0 Å². The summed E-state index contributed by atoms with van der Waals surface area (Å²) in [5.74, 6) is -9.87. The molecule has 4 aromatic rings. The summed E-state index contributed by atoms with van der Waals surface area (Å²) in [7, 11) is 0. The van der Waals surface area contributed by atoms with Gasteiger partial charge in [-0.25, -0.2) is 54.5 Å². The van der Waals surface area contributed by atoms with E-state index in [2.05, 4.69) is 41.8 Å². The molecule has 0 saturated carbocycles. The zero-order chi connectivity index (χ0) is 103. The van der Waals surface area contributed by atoms with E-state index in [1.54, 1.807) is 201 Å². The maximum Gasteiger partial charge on any atom is 0.411 e. The zero-order valence-electron chi connectivity index (χ0n) is 81.6. The number of rotatable bonds is 26. The fraction of sp³-hybridized carbons (Fsp3) is 0.485. The Morgan fingerprint density at radius 3 is 1.01 bits per heavy atom. The average molecular weight is 1910 g/mol. The number of hydrogen-bond donors (Lipinski definition) is 2. The van der Waals surface area contributed by atoms with Crippen LogP contribution in [0.2, 0.25) is 0 Å². The van der Waals surface area contributed by atoms with Gasteiger partial charge in [-0.15, -0.1) is 0 Å². The number of imide groups is 3. The standard InChI is InChI=1S/C30H35N3O8.C25H32N2O7.C24H29N3O6.C20H32N2O7/c1-6-18-39-26(36)30(20-31-27(37)40-19-22-10-8-7-9-11-22)25(35)32(24(34)23-14-12-21(2)13-15-23)16-17-33(30)28(38)41-29(3,4)5;1-7-16-33-22(31)25(13-12-18(3)28)21(30)26(20(29)19-10-8-17(2)9-11-19)14-15-27(25)23(32)34-24(4,5)6;1-7-16-32-21(30)24(12-13-25-6)20(29)26(19(28)18-10-8-17(2)9-11-18)14-15-27(24)22(31)33-23(3,4)5;1-8-12-27-15(24)20(13-21-16(25)28-18(2,3)4)14(23)10-9-11-22(20)17(26)29-19(5,6)7/h6-15H,1,16-20H2,2-5H3,(H,31,37);7-11H,1,12-16H2,2-6H3;7-11H,1,12-16H2,2-5H3;8H,1,9-13H2,2-7H3,(H,21,25). The molecule has 4 heterocycles. The van der Waals surface area contributed by atoms with Gasteiger partial charge in [0.05, 0.1) is 19.5 Å². The number of benzene rings is 4. The number of carbonyl (C=O) groups is 18. The lowest BCUT2D eigenvalue weighted by Crippen LogP contribution is -2.75. The van der Waals surface area contributed by atoms with E-state index in [1.165, 1.54) is 31.2 Å². The van der Waals surface area contributed by atoms with Crippen LogP contribution in [0.4, 0.5) is 28.8 Å². The molecule has 38 heteroatoms. The van der Waals surface area contributed by atoms with Crippen molar-refractivity contribution in [2.45, 2.75) is 220 Å². The number of alkyl carbamates (subject to hydrolysis) is 2. The van der Waals surface area contributed by atoms with Crippen molar-refractivity contribution >= 4 is 107 Å². The summed E-state index contributed by atoms with van der Waals surface area (Å²) < 4.78 is 53.0. The van der Waals surface area contributed by atoms with Crippen molar-refractivity contribution < 1.29 is 134 Å². The van der Waals surface area contributed by atoms with Crippen LogP contribution in [0, 0.1) is 27.3 Å². The lowest BCUT2D eigenvalue weighted by Gasteiger charge is -2.46. The highest BCUT2D eigenvalue weighted by Crippen LogP contribution is 2.37. The number of aryl methyl sites for hydroxylation is 3. The van der Waals surface area contributed by atoms with Crippen LogP contribution >= 0.6 is 0 Å². The molecule has 12 amide bonds. The Morgan fingerprint density at radius 1 is 0.387 bits per heavy atom. The molecular formula is C99H128N10O28. The topological polar surface area (TPSA) is 451 Å². The number of ketones is 2. The molecule has 4 aliphatic rings. The van der Waals surface area contributed by atoms with Crippen LogP contribution in [0.1, 0.15) is 196 Å². The molecule has 4 saturated heterocycles. The SMILES string of the molecule is C=CCOC(=O)C1(CCC(C)=O)C(=O)N(C(=O)c2ccc(C)cc2)CCN1C(=O)OC(C)(C)C.C=CCOC(=O)C1(CNC(=O)OC(C)(C)C)C(=O)CCCN1C(=O)OC(C)(C)C.C=CCOC(=O)C1(CNC(=O)OCc2ccccc2)C(=O)N(C(=O)c2ccc(C)cc2)CCN1C(=O)OC(C)(C)C.[C-]#[N+]CCC1(C(=O)OCC=C)C(=O)N(C(=O)c2ccc(C)cc2)CCN1C(=O)OC(C)(C)C. The van der Waals surface area contributed by atoms with Gasteiger partial charge >= 0.3 is 60.4 Å². The minimum Gasteiger partial charge on any atom is -0.459 e. The summed E-state index contributed by atoms with van der Waals surface area (Å²) in [4.78, 5) is 247. The van der Waals surface area contributed by atoms with Crippen LogP contribution < -0.4 is 10.6 Å². The van der Waals surface area contributed by atoms with E-state index in [0.29, 0.717) is 12.0 Å². The third-order valence-corrected chi connectivity index (χ3v) is 20.3. The van der Waals surface area contributed by atoms with E-state index in [1.807, 2.05) is 26.8 Å². The smallest absolute Gasteiger partial charge is 0.411 e. The number of nitrogens with zero attached hydrogens (tertiary/aromatic N) is 8. The number of ether oxygens (including phenoxy) is 10. The lowest BCUT2D eigenvalue weighted by atomic mass is 9.85. The van der Waals surface area contributed by atoms with Crippen LogP contribution in [0.25, 0.3) is 4.85 Å². The summed E-state index contributed by atoms with van der Waals surface area (Å²) in [6.45, 7) is 49.5. The van der Waals surface area contributed by atoms with Crippen molar-refractivity contribution in [1.82, 2.24) is 44.9 Å². The maximum atomic E-state index is 14.1. The van der Waals surface area contributed by atoms with Crippen molar-refractivity contribution in [3.63, 3.8) is 0 Å². The largest absolute Gasteiger partial charge is 0.459 e. The third-order valence-electron chi connectivity index (χ3n) is 20.3. The number of piperidine rings is 1. The summed E-state index contributed by atoms with van der Waals surface area (Å²) >= 11 is 0. The van der Waals surface area contributed by atoms with E-state index in [-0.39, 0.29) is 134 Å². The molecule has 4 fully saturated rings. The van der Waals surface area contributed by atoms with Crippen LogP contribution in [0.15, 0.2) is 154 Å². The molecule has 137 heavy (non-hydrogen) atoms. The van der Waals surface area contributed by atoms with Crippen molar-refractivity contribution in [2.75, 3.05) is 91.9 Å². The van der Waals surface area contributed by atoms with Gasteiger partial charge in [0.25, 0.3) is 35.4 Å². The van der Waals surface area contributed by atoms with Gasteiger partial charge in [-0.05, 0) is 186 Å². The van der Waals surface area contributed by atoms with Crippen molar-refractivity contribution in [3.05, 3.63) is 204 Å². The summed E-state index contributed by atoms with van der Waals surface area (Å²) in [5, 5.41) is 4.84. The summed E-state index contributed by atoms with van der Waals surface area (Å²) in [5.41, 5.74) is -9.17. The highest BCUT2D eigenvalue weighted by molar-refractivity contribution is 6.20. The highest BCUT2D eigenvalue weighted by Gasteiger charge is 2.65. The summed E-state index contributed by atoms with van der Waals surface area (Å²) in [6.07, 6.45) is -0.643. The lowest BCUT2D eigenvalue weighted by molar-refractivity contribution is -0.172. The van der Waals surface area contributed by atoms with Gasteiger partial charge in [-0.2, -0.15) is 0 Å². The Labute approximate surface area is 798 Å². The Morgan fingerprint density at radius 2 is 0.686 bits per heavy atom. The fourth-order valence-electron chi connectivity index (χ4n) is 13.9. The molecule has 742 valence electrons. The predicted molar refractivity (Wildman–Crippen MR) is 498 cm³/mol. The molecule has 0 spiro atoms.